The number of aryl methyl sites for hydroxylation is 1. The molecule has 0 N–H and O–H groups in total. The average molecular weight is 177 g/mol. The van der Waals surface area contributed by atoms with Gasteiger partial charge in [0.1, 0.15) is 0 Å². The van der Waals surface area contributed by atoms with Crippen molar-refractivity contribution in [3.05, 3.63) is 29.6 Å². The quantitative estimate of drug-likeness (QED) is 0.590. The van der Waals surface area contributed by atoms with E-state index in [1.165, 1.54) is 30.4 Å². The van der Waals surface area contributed by atoms with E-state index in [0.29, 0.717) is 0 Å². The Hall–Kier alpha value is -0.850. The summed E-state index contributed by atoms with van der Waals surface area (Å²) in [6.45, 7) is 6.29. The second kappa shape index (κ2) is 5.00. The van der Waals surface area contributed by atoms with Crippen LogP contribution in [0.25, 0.3) is 0 Å². The second-order valence-electron chi connectivity index (χ2n) is 3.37. The Labute approximate surface area is 81.2 Å². The number of nitrogens with zero attached hydrogens (tertiary/aromatic N) is 1. The van der Waals surface area contributed by atoms with Crippen LogP contribution in [0.2, 0.25) is 0 Å². The first-order chi connectivity index (χ1) is 6.38. The first-order valence-corrected chi connectivity index (χ1v) is 5.30. The number of rotatable bonds is 0. The molecule has 1 aliphatic rings. The molecule has 0 spiro atoms. The van der Waals surface area contributed by atoms with Crippen LogP contribution in [0.5, 0.6) is 0 Å². The maximum Gasteiger partial charge on any atom is 0.0305 e. The molecule has 1 aromatic heterocycles. The van der Waals surface area contributed by atoms with Crippen molar-refractivity contribution in [1.82, 2.24) is 4.98 Å². The minimum Gasteiger partial charge on any atom is -0.264 e. The molecule has 1 unspecified atom stereocenters. The van der Waals surface area contributed by atoms with Gasteiger partial charge in [0.2, 0.25) is 0 Å². The molecule has 1 aliphatic carbocycles. The third-order valence-corrected chi connectivity index (χ3v) is 2.56. The van der Waals surface area contributed by atoms with Gasteiger partial charge in [-0.3, -0.25) is 4.98 Å². The van der Waals surface area contributed by atoms with Gasteiger partial charge in [-0.05, 0) is 42.4 Å². The van der Waals surface area contributed by atoms with E-state index in [4.69, 9.17) is 0 Å². The predicted octanol–water partition coefficient (Wildman–Crippen LogP) is 3.55. The van der Waals surface area contributed by atoms with Gasteiger partial charge in [0.15, 0.2) is 0 Å². The van der Waals surface area contributed by atoms with Gasteiger partial charge in [0.05, 0.1) is 0 Å². The van der Waals surface area contributed by atoms with Crippen molar-refractivity contribution in [1.29, 1.82) is 0 Å². The van der Waals surface area contributed by atoms with Gasteiger partial charge in [0, 0.05) is 12.4 Å². The van der Waals surface area contributed by atoms with Crippen molar-refractivity contribution in [2.75, 3.05) is 0 Å². The fraction of sp³-hybridized carbons (Fsp3) is 0.583. The Kier molecular flexibility index (Phi) is 3.94. The summed E-state index contributed by atoms with van der Waals surface area (Å²) in [4.78, 5) is 4.15. The van der Waals surface area contributed by atoms with Crippen molar-refractivity contribution >= 4 is 0 Å². The standard InChI is InChI=1S/C10H13N.C2H6/c1-8-3-2-4-9-5-6-11-7-10(8)9;1-2/h5-8H,2-4H2,1H3;1-2H3. The van der Waals surface area contributed by atoms with Gasteiger partial charge in [-0.25, -0.2) is 0 Å². The molecule has 0 saturated carbocycles. The number of fused-ring (bicyclic) bond motifs is 1. The predicted molar refractivity (Wildman–Crippen MR) is 56.9 cm³/mol. The molecule has 72 valence electrons. The Morgan fingerprint density at radius 3 is 2.85 bits per heavy atom. The lowest BCUT2D eigenvalue weighted by Gasteiger charge is -2.20. The zero-order chi connectivity index (χ0) is 9.68. The molecule has 2 rings (SSSR count). The highest BCUT2D eigenvalue weighted by Gasteiger charge is 2.14. The zero-order valence-electron chi connectivity index (χ0n) is 8.88. The molecular weight excluding hydrogens is 158 g/mol. The molecule has 0 amide bonds. The summed E-state index contributed by atoms with van der Waals surface area (Å²) in [6, 6.07) is 2.16. The molecule has 1 nitrogen and oxygen atoms in total. The molecule has 0 bridgehead atoms. The molecular formula is C12H19N. The van der Waals surface area contributed by atoms with Gasteiger partial charge in [-0.1, -0.05) is 20.8 Å². The lowest BCUT2D eigenvalue weighted by atomic mass is 9.85. The van der Waals surface area contributed by atoms with Gasteiger partial charge in [0.25, 0.3) is 0 Å². The van der Waals surface area contributed by atoms with Crippen molar-refractivity contribution in [2.45, 2.75) is 46.0 Å². The monoisotopic (exact) mass is 177 g/mol. The SMILES string of the molecule is CC.CC1CCCc2ccncc21. The van der Waals surface area contributed by atoms with Gasteiger partial charge in [-0.15, -0.1) is 0 Å². The van der Waals surface area contributed by atoms with E-state index < -0.39 is 0 Å². The molecule has 0 radical (unpaired) electrons. The summed E-state index contributed by atoms with van der Waals surface area (Å²) in [5.74, 6) is 0.729. The van der Waals surface area contributed by atoms with E-state index in [1.54, 1.807) is 0 Å². The fourth-order valence-electron chi connectivity index (χ4n) is 1.86. The topological polar surface area (TPSA) is 12.9 Å². The van der Waals surface area contributed by atoms with Gasteiger partial charge >= 0.3 is 0 Å². The normalized spacial score (nSPS) is 19.8. The highest BCUT2D eigenvalue weighted by Crippen LogP contribution is 2.29. The number of aromatic nitrogens is 1. The average Bonchev–Trinajstić information content (AvgIpc) is 2.22. The Balaban J connectivity index is 0.000000396. The summed E-state index contributed by atoms with van der Waals surface area (Å²) in [6.07, 6.45) is 7.86. The second-order valence-corrected chi connectivity index (χ2v) is 3.37. The smallest absolute Gasteiger partial charge is 0.0305 e. The maximum atomic E-state index is 4.15. The van der Waals surface area contributed by atoms with E-state index in [0.717, 1.165) is 5.92 Å². The molecule has 1 heteroatoms. The molecule has 0 aromatic carbocycles. The highest BCUT2D eigenvalue weighted by molar-refractivity contribution is 5.28. The van der Waals surface area contributed by atoms with Crippen molar-refractivity contribution in [3.63, 3.8) is 0 Å². The first kappa shape index (κ1) is 10.2. The molecule has 1 aromatic rings. The molecule has 1 atom stereocenters. The molecule has 13 heavy (non-hydrogen) atoms. The number of pyridine rings is 1. The van der Waals surface area contributed by atoms with E-state index in [9.17, 15) is 0 Å². The van der Waals surface area contributed by atoms with Crippen LogP contribution in [-0.2, 0) is 6.42 Å². The first-order valence-electron chi connectivity index (χ1n) is 5.30. The summed E-state index contributed by atoms with van der Waals surface area (Å²) in [5, 5.41) is 0. The summed E-state index contributed by atoms with van der Waals surface area (Å²) in [5.41, 5.74) is 2.98. The minimum atomic E-state index is 0.729. The third kappa shape index (κ3) is 2.30. The van der Waals surface area contributed by atoms with Crippen LogP contribution in [0, 0.1) is 0 Å². The number of hydrogen-bond donors (Lipinski definition) is 0. The molecule has 0 fully saturated rings. The molecule has 1 heterocycles. The van der Waals surface area contributed by atoms with Crippen LogP contribution >= 0.6 is 0 Å². The van der Waals surface area contributed by atoms with Crippen molar-refractivity contribution < 1.29 is 0 Å². The van der Waals surface area contributed by atoms with Crippen molar-refractivity contribution in [2.24, 2.45) is 0 Å². The van der Waals surface area contributed by atoms with E-state index in [1.807, 2.05) is 26.2 Å². The highest BCUT2D eigenvalue weighted by atomic mass is 14.6. The lowest BCUT2D eigenvalue weighted by Crippen LogP contribution is -2.06. The Bertz CT molecular complexity index is 255. The van der Waals surface area contributed by atoms with Crippen molar-refractivity contribution in [3.8, 4) is 0 Å². The van der Waals surface area contributed by atoms with Crippen LogP contribution < -0.4 is 0 Å². The van der Waals surface area contributed by atoms with Gasteiger partial charge < -0.3 is 0 Å². The van der Waals surface area contributed by atoms with E-state index in [2.05, 4.69) is 18.0 Å². The molecule has 0 saturated heterocycles. The van der Waals surface area contributed by atoms with Crippen LogP contribution in [-0.4, -0.2) is 4.98 Å². The largest absolute Gasteiger partial charge is 0.264 e. The summed E-state index contributed by atoms with van der Waals surface area (Å²) < 4.78 is 0. The van der Waals surface area contributed by atoms with Crippen LogP contribution in [0.4, 0.5) is 0 Å². The van der Waals surface area contributed by atoms with Crippen LogP contribution in [0.15, 0.2) is 18.5 Å². The molecule has 0 aliphatic heterocycles. The maximum absolute atomic E-state index is 4.15. The summed E-state index contributed by atoms with van der Waals surface area (Å²) >= 11 is 0. The third-order valence-electron chi connectivity index (χ3n) is 2.56. The van der Waals surface area contributed by atoms with Crippen LogP contribution in [0.3, 0.4) is 0 Å². The lowest BCUT2D eigenvalue weighted by molar-refractivity contribution is 0.587. The fourth-order valence-corrected chi connectivity index (χ4v) is 1.86. The zero-order valence-corrected chi connectivity index (χ0v) is 8.88. The van der Waals surface area contributed by atoms with Crippen LogP contribution in [0.1, 0.15) is 50.7 Å². The van der Waals surface area contributed by atoms with E-state index >= 15 is 0 Å². The Morgan fingerprint density at radius 2 is 2.15 bits per heavy atom. The Morgan fingerprint density at radius 1 is 1.38 bits per heavy atom. The minimum absolute atomic E-state index is 0.729. The van der Waals surface area contributed by atoms with Gasteiger partial charge in [-0.2, -0.15) is 0 Å². The number of hydrogen-bond acceptors (Lipinski definition) is 1. The van der Waals surface area contributed by atoms with E-state index in [-0.39, 0.29) is 0 Å². The summed E-state index contributed by atoms with van der Waals surface area (Å²) in [7, 11) is 0.